The van der Waals surface area contributed by atoms with Gasteiger partial charge in [-0.15, -0.1) is 0 Å². The minimum absolute atomic E-state index is 0.489. The zero-order chi connectivity index (χ0) is 13.1. The molecule has 1 N–H and O–H groups in total. The number of ether oxygens (including phenoxy) is 1. The summed E-state index contributed by atoms with van der Waals surface area (Å²) in [5.41, 5.74) is 0.927. The molecule has 1 fully saturated rings. The molecule has 1 aliphatic rings. The molecule has 0 spiro atoms. The summed E-state index contributed by atoms with van der Waals surface area (Å²) in [6.07, 6.45) is 0. The standard InChI is InChI=1S/C13H18N2O3/c1-14-7-8-15(12(9-14)13(16)17)10-3-5-11(18-2)6-4-10/h3-6,12H,7-9H2,1-2H3,(H,16,17). The first-order valence-electron chi connectivity index (χ1n) is 5.94. The fourth-order valence-electron chi connectivity index (χ4n) is 2.21. The van der Waals surface area contributed by atoms with Gasteiger partial charge in [-0.1, -0.05) is 0 Å². The number of hydrogen-bond acceptors (Lipinski definition) is 4. The van der Waals surface area contributed by atoms with Gasteiger partial charge in [-0.05, 0) is 31.3 Å². The van der Waals surface area contributed by atoms with Crippen LogP contribution in [0.15, 0.2) is 24.3 Å². The van der Waals surface area contributed by atoms with Crippen LogP contribution >= 0.6 is 0 Å². The number of rotatable bonds is 3. The number of methoxy groups -OCH3 is 1. The Bertz CT molecular complexity index is 419. The zero-order valence-corrected chi connectivity index (χ0v) is 10.7. The summed E-state index contributed by atoms with van der Waals surface area (Å²) in [5, 5.41) is 9.30. The highest BCUT2D eigenvalue weighted by molar-refractivity contribution is 5.79. The van der Waals surface area contributed by atoms with Crippen LogP contribution in [0.5, 0.6) is 5.75 Å². The molecule has 0 radical (unpaired) electrons. The number of carbonyl (C=O) groups is 1. The Kier molecular flexibility index (Phi) is 3.72. The molecule has 0 aromatic heterocycles. The molecule has 1 heterocycles. The lowest BCUT2D eigenvalue weighted by Crippen LogP contribution is -2.55. The number of aliphatic carboxylic acids is 1. The highest BCUT2D eigenvalue weighted by Gasteiger charge is 2.30. The molecule has 1 atom stereocenters. The molecule has 0 amide bonds. The van der Waals surface area contributed by atoms with E-state index in [1.54, 1.807) is 7.11 Å². The van der Waals surface area contributed by atoms with E-state index in [-0.39, 0.29) is 0 Å². The molecule has 5 heteroatoms. The number of benzene rings is 1. The SMILES string of the molecule is COc1ccc(N2CCN(C)CC2C(=O)O)cc1. The molecule has 0 bridgehead atoms. The van der Waals surface area contributed by atoms with Gasteiger partial charge in [0.1, 0.15) is 11.8 Å². The van der Waals surface area contributed by atoms with Crippen LogP contribution in [0.25, 0.3) is 0 Å². The van der Waals surface area contributed by atoms with E-state index in [4.69, 9.17) is 4.74 Å². The maximum atomic E-state index is 11.3. The van der Waals surface area contributed by atoms with Gasteiger partial charge in [-0.2, -0.15) is 0 Å². The monoisotopic (exact) mass is 250 g/mol. The highest BCUT2D eigenvalue weighted by Crippen LogP contribution is 2.23. The van der Waals surface area contributed by atoms with Crippen LogP contribution in [-0.4, -0.2) is 55.8 Å². The quantitative estimate of drug-likeness (QED) is 0.864. The van der Waals surface area contributed by atoms with Gasteiger partial charge in [-0.25, -0.2) is 4.79 Å². The van der Waals surface area contributed by atoms with Crippen LogP contribution in [0.4, 0.5) is 5.69 Å². The highest BCUT2D eigenvalue weighted by atomic mass is 16.5. The van der Waals surface area contributed by atoms with Crippen LogP contribution in [0.1, 0.15) is 0 Å². The summed E-state index contributed by atoms with van der Waals surface area (Å²) in [6, 6.07) is 7.02. The molecule has 0 saturated carbocycles. The second kappa shape index (κ2) is 5.27. The summed E-state index contributed by atoms with van der Waals surface area (Å²) < 4.78 is 5.10. The smallest absolute Gasteiger partial charge is 0.327 e. The van der Waals surface area contributed by atoms with Crippen LogP contribution in [0, 0.1) is 0 Å². The average molecular weight is 250 g/mol. The van der Waals surface area contributed by atoms with Gasteiger partial charge >= 0.3 is 5.97 Å². The average Bonchev–Trinajstić information content (AvgIpc) is 2.39. The molecule has 1 saturated heterocycles. The molecule has 18 heavy (non-hydrogen) atoms. The number of nitrogens with zero attached hydrogens (tertiary/aromatic N) is 2. The second-order valence-electron chi connectivity index (χ2n) is 4.51. The largest absolute Gasteiger partial charge is 0.497 e. The zero-order valence-electron chi connectivity index (χ0n) is 10.7. The summed E-state index contributed by atoms with van der Waals surface area (Å²) >= 11 is 0. The van der Waals surface area contributed by atoms with Crippen molar-refractivity contribution in [3.05, 3.63) is 24.3 Å². The van der Waals surface area contributed by atoms with E-state index in [9.17, 15) is 9.90 Å². The van der Waals surface area contributed by atoms with Gasteiger partial charge in [0.2, 0.25) is 0 Å². The van der Waals surface area contributed by atoms with Crippen molar-refractivity contribution in [3.63, 3.8) is 0 Å². The van der Waals surface area contributed by atoms with Crippen molar-refractivity contribution in [1.29, 1.82) is 0 Å². The topological polar surface area (TPSA) is 53.0 Å². The number of carboxylic acid groups (broad SMARTS) is 1. The third kappa shape index (κ3) is 2.56. The fraction of sp³-hybridized carbons (Fsp3) is 0.462. The summed E-state index contributed by atoms with van der Waals surface area (Å²) in [5.74, 6) is -0.00267. The van der Waals surface area contributed by atoms with Crippen LogP contribution in [0.2, 0.25) is 0 Å². The van der Waals surface area contributed by atoms with E-state index < -0.39 is 12.0 Å². The lowest BCUT2D eigenvalue weighted by Gasteiger charge is -2.39. The third-order valence-electron chi connectivity index (χ3n) is 3.27. The van der Waals surface area contributed by atoms with Crippen molar-refractivity contribution < 1.29 is 14.6 Å². The molecular weight excluding hydrogens is 232 g/mol. The van der Waals surface area contributed by atoms with Crippen molar-refractivity contribution in [2.75, 3.05) is 38.7 Å². The Balaban J connectivity index is 2.20. The van der Waals surface area contributed by atoms with Crippen LogP contribution < -0.4 is 9.64 Å². The van der Waals surface area contributed by atoms with E-state index in [2.05, 4.69) is 0 Å². The minimum atomic E-state index is -0.780. The second-order valence-corrected chi connectivity index (χ2v) is 4.51. The van der Waals surface area contributed by atoms with Crippen molar-refractivity contribution in [1.82, 2.24) is 4.90 Å². The van der Waals surface area contributed by atoms with Crippen LogP contribution in [0.3, 0.4) is 0 Å². The van der Waals surface area contributed by atoms with E-state index >= 15 is 0 Å². The third-order valence-corrected chi connectivity index (χ3v) is 3.27. The summed E-state index contributed by atoms with van der Waals surface area (Å²) in [7, 11) is 3.56. The summed E-state index contributed by atoms with van der Waals surface area (Å²) in [4.78, 5) is 15.3. The van der Waals surface area contributed by atoms with Crippen molar-refractivity contribution >= 4 is 11.7 Å². The number of hydrogen-bond donors (Lipinski definition) is 1. The van der Waals surface area contributed by atoms with Gasteiger partial charge in [0.25, 0.3) is 0 Å². The Morgan fingerprint density at radius 3 is 2.56 bits per heavy atom. The number of likely N-dealkylation sites (N-methyl/N-ethyl adjacent to an activating group) is 1. The lowest BCUT2D eigenvalue weighted by atomic mass is 10.1. The summed E-state index contributed by atoms with van der Waals surface area (Å²) in [6.45, 7) is 2.14. The number of anilines is 1. The normalized spacial score (nSPS) is 20.8. The molecule has 98 valence electrons. The van der Waals surface area contributed by atoms with Gasteiger partial charge in [0.05, 0.1) is 7.11 Å². The molecule has 1 unspecified atom stereocenters. The van der Waals surface area contributed by atoms with Crippen LogP contribution in [-0.2, 0) is 4.79 Å². The molecule has 2 rings (SSSR count). The van der Waals surface area contributed by atoms with Gasteiger partial charge in [0, 0.05) is 25.3 Å². The van der Waals surface area contributed by atoms with E-state index in [0.29, 0.717) is 6.54 Å². The van der Waals surface area contributed by atoms with Gasteiger partial charge < -0.3 is 19.6 Å². The molecule has 1 aromatic carbocycles. The van der Waals surface area contributed by atoms with Gasteiger partial charge in [0.15, 0.2) is 0 Å². The van der Waals surface area contributed by atoms with Crippen molar-refractivity contribution in [3.8, 4) is 5.75 Å². The Hall–Kier alpha value is -1.75. The molecule has 1 aliphatic heterocycles. The first kappa shape index (κ1) is 12.7. The first-order valence-corrected chi connectivity index (χ1v) is 5.94. The van der Waals surface area contributed by atoms with Crippen molar-refractivity contribution in [2.45, 2.75) is 6.04 Å². The minimum Gasteiger partial charge on any atom is -0.497 e. The van der Waals surface area contributed by atoms with Crippen molar-refractivity contribution in [2.24, 2.45) is 0 Å². The molecular formula is C13H18N2O3. The van der Waals surface area contributed by atoms with E-state index in [1.165, 1.54) is 0 Å². The maximum Gasteiger partial charge on any atom is 0.327 e. The predicted octanol–water partition coefficient (Wildman–Crippen LogP) is 0.900. The number of carboxylic acids is 1. The Morgan fingerprint density at radius 2 is 2.00 bits per heavy atom. The first-order chi connectivity index (χ1) is 8.61. The molecule has 0 aliphatic carbocycles. The van der Waals surface area contributed by atoms with Gasteiger partial charge in [-0.3, -0.25) is 0 Å². The maximum absolute atomic E-state index is 11.3. The number of piperazine rings is 1. The molecule has 5 nitrogen and oxygen atoms in total. The predicted molar refractivity (Wildman–Crippen MR) is 69.3 cm³/mol. The van der Waals surface area contributed by atoms with E-state index in [0.717, 1.165) is 24.5 Å². The Labute approximate surface area is 107 Å². The Morgan fingerprint density at radius 1 is 1.33 bits per heavy atom. The molecule has 1 aromatic rings. The fourth-order valence-corrected chi connectivity index (χ4v) is 2.21. The lowest BCUT2D eigenvalue weighted by molar-refractivity contribution is -0.139. The van der Waals surface area contributed by atoms with E-state index in [1.807, 2.05) is 41.1 Å².